The van der Waals surface area contributed by atoms with Crippen LogP contribution in [0.3, 0.4) is 0 Å². The van der Waals surface area contributed by atoms with Gasteiger partial charge < -0.3 is 5.73 Å². The normalized spacial score (nSPS) is 14.2. The lowest BCUT2D eigenvalue weighted by molar-refractivity contribution is 0.436. The van der Waals surface area contributed by atoms with E-state index in [0.29, 0.717) is 17.7 Å². The molecule has 0 aliphatic heterocycles. The van der Waals surface area contributed by atoms with Crippen molar-refractivity contribution in [3.05, 3.63) is 12.4 Å². The van der Waals surface area contributed by atoms with E-state index in [1.165, 1.54) is 0 Å². The highest BCUT2D eigenvalue weighted by Gasteiger charge is 2.03. The second kappa shape index (κ2) is 4.94. The zero-order valence-corrected chi connectivity index (χ0v) is 7.67. The van der Waals surface area contributed by atoms with Crippen molar-refractivity contribution in [2.75, 3.05) is 0 Å². The first-order chi connectivity index (χ1) is 5.04. The zero-order chi connectivity index (χ0) is 8.85. The molecule has 0 fully saturated rings. The van der Waals surface area contributed by atoms with Crippen molar-refractivity contribution < 1.29 is 0 Å². The minimum atomic E-state index is 0.390. The maximum Gasteiger partial charge on any atom is 0.115 e. The van der Waals surface area contributed by atoms with Gasteiger partial charge in [0.25, 0.3) is 0 Å². The van der Waals surface area contributed by atoms with Crippen molar-refractivity contribution in [1.29, 1.82) is 0 Å². The highest BCUT2D eigenvalue weighted by Crippen LogP contribution is 2.11. The van der Waals surface area contributed by atoms with Crippen molar-refractivity contribution in [2.45, 2.75) is 27.2 Å². The Bertz CT molecular complexity index is 148. The Morgan fingerprint density at radius 2 is 2.09 bits per heavy atom. The molecule has 0 aromatic carbocycles. The third-order valence-corrected chi connectivity index (χ3v) is 1.87. The van der Waals surface area contributed by atoms with Crippen LogP contribution < -0.4 is 5.73 Å². The summed E-state index contributed by atoms with van der Waals surface area (Å²) in [6, 6.07) is 0. The highest BCUT2D eigenvalue weighted by molar-refractivity contribution is 5.58. The summed E-state index contributed by atoms with van der Waals surface area (Å²) in [7, 11) is 0. The van der Waals surface area contributed by atoms with Crippen LogP contribution in [0.15, 0.2) is 17.4 Å². The van der Waals surface area contributed by atoms with Crippen LogP contribution in [0.1, 0.15) is 27.2 Å². The van der Waals surface area contributed by atoms with E-state index in [-0.39, 0.29) is 0 Å². The van der Waals surface area contributed by atoms with Gasteiger partial charge in [-0.1, -0.05) is 27.4 Å². The molecule has 0 heterocycles. The molecule has 0 saturated carbocycles. The molecule has 1 unspecified atom stereocenters. The van der Waals surface area contributed by atoms with E-state index in [1.807, 2.05) is 6.21 Å². The number of hydrogen-bond donors (Lipinski definition) is 1. The van der Waals surface area contributed by atoms with E-state index in [4.69, 9.17) is 5.73 Å². The van der Waals surface area contributed by atoms with Crippen molar-refractivity contribution >= 4 is 6.21 Å². The van der Waals surface area contributed by atoms with Crippen molar-refractivity contribution in [2.24, 2.45) is 22.6 Å². The quantitative estimate of drug-likeness (QED) is 0.619. The minimum Gasteiger partial charge on any atom is -0.384 e. The van der Waals surface area contributed by atoms with Gasteiger partial charge in [-0.15, -0.1) is 0 Å². The first kappa shape index (κ1) is 10.2. The lowest BCUT2D eigenvalue weighted by atomic mass is 9.95. The lowest BCUT2D eigenvalue weighted by Crippen LogP contribution is -2.04. The third-order valence-electron chi connectivity index (χ3n) is 1.87. The maximum atomic E-state index is 5.26. The average molecular weight is 154 g/mol. The second-order valence-corrected chi connectivity index (χ2v) is 3.26. The van der Waals surface area contributed by atoms with Crippen LogP contribution >= 0.6 is 0 Å². The van der Waals surface area contributed by atoms with E-state index >= 15 is 0 Å². The molecule has 2 heteroatoms. The van der Waals surface area contributed by atoms with Gasteiger partial charge in [-0.2, -0.15) is 0 Å². The maximum absolute atomic E-state index is 5.26. The molecular formula is C9H18N2. The van der Waals surface area contributed by atoms with Crippen LogP contribution in [0.5, 0.6) is 0 Å². The lowest BCUT2D eigenvalue weighted by Gasteiger charge is -2.11. The summed E-state index contributed by atoms with van der Waals surface area (Å²) in [6.07, 6.45) is 2.82. The Hall–Kier alpha value is -0.790. The summed E-state index contributed by atoms with van der Waals surface area (Å²) in [5.74, 6) is 1.76. The Balaban J connectivity index is 3.61. The molecule has 11 heavy (non-hydrogen) atoms. The van der Waals surface area contributed by atoms with Gasteiger partial charge in [-0.3, -0.25) is 0 Å². The third kappa shape index (κ3) is 5.64. The smallest absolute Gasteiger partial charge is 0.115 e. The predicted octanol–water partition coefficient (Wildman–Crippen LogP) is 2.17. The number of aliphatic imine (C=N–C) groups is 1. The molecule has 0 rings (SSSR count). The van der Waals surface area contributed by atoms with Crippen LogP contribution in [0.25, 0.3) is 0 Å². The van der Waals surface area contributed by atoms with Gasteiger partial charge in [0.05, 0.1) is 0 Å². The molecule has 0 aromatic rings. The number of nitrogens with two attached hydrogens (primary N) is 1. The summed E-state index contributed by atoms with van der Waals surface area (Å²) in [5, 5.41) is 0. The van der Waals surface area contributed by atoms with Crippen LogP contribution in [0.2, 0.25) is 0 Å². The van der Waals surface area contributed by atoms with E-state index in [1.54, 1.807) is 0 Å². The predicted molar refractivity (Wildman–Crippen MR) is 50.4 cm³/mol. The summed E-state index contributed by atoms with van der Waals surface area (Å²) in [6.45, 7) is 10.1. The summed E-state index contributed by atoms with van der Waals surface area (Å²) >= 11 is 0. The molecule has 1 atom stereocenters. The van der Waals surface area contributed by atoms with Crippen molar-refractivity contribution in [3.8, 4) is 0 Å². The summed E-state index contributed by atoms with van der Waals surface area (Å²) < 4.78 is 0. The number of nitrogens with zero attached hydrogens (tertiary/aromatic N) is 1. The molecule has 0 radical (unpaired) electrons. The summed E-state index contributed by atoms with van der Waals surface area (Å²) in [4.78, 5) is 3.91. The van der Waals surface area contributed by atoms with E-state index < -0.39 is 0 Å². The van der Waals surface area contributed by atoms with Crippen LogP contribution in [0, 0.1) is 11.8 Å². The van der Waals surface area contributed by atoms with E-state index in [0.717, 1.165) is 6.42 Å². The largest absolute Gasteiger partial charge is 0.384 e. The second-order valence-electron chi connectivity index (χ2n) is 3.26. The van der Waals surface area contributed by atoms with Gasteiger partial charge in [-0.05, 0) is 18.3 Å². The Kier molecular flexibility index (Phi) is 4.59. The molecule has 2 N–H and O–H groups in total. The molecule has 0 bridgehead atoms. The summed E-state index contributed by atoms with van der Waals surface area (Å²) in [5.41, 5.74) is 5.26. The van der Waals surface area contributed by atoms with Gasteiger partial charge >= 0.3 is 0 Å². The molecule has 0 amide bonds. The molecular weight excluding hydrogens is 136 g/mol. The molecule has 0 aliphatic carbocycles. The number of hydrogen-bond acceptors (Lipinski definition) is 2. The van der Waals surface area contributed by atoms with Crippen LogP contribution in [-0.2, 0) is 0 Å². The monoisotopic (exact) mass is 154 g/mol. The van der Waals surface area contributed by atoms with Gasteiger partial charge in [0.2, 0.25) is 0 Å². The fourth-order valence-corrected chi connectivity index (χ4v) is 0.608. The fraction of sp³-hybridized carbons (Fsp3) is 0.667. The first-order valence-electron chi connectivity index (χ1n) is 4.01. The number of rotatable bonds is 4. The van der Waals surface area contributed by atoms with Crippen molar-refractivity contribution in [1.82, 2.24) is 0 Å². The van der Waals surface area contributed by atoms with E-state index in [2.05, 4.69) is 32.3 Å². The van der Waals surface area contributed by atoms with Gasteiger partial charge in [0, 0.05) is 6.21 Å². The van der Waals surface area contributed by atoms with Crippen LogP contribution in [-0.4, -0.2) is 6.21 Å². The van der Waals surface area contributed by atoms with Gasteiger partial charge in [-0.25, -0.2) is 4.99 Å². The highest BCUT2D eigenvalue weighted by atomic mass is 14.9. The molecule has 0 spiro atoms. The van der Waals surface area contributed by atoms with E-state index in [9.17, 15) is 0 Å². The Morgan fingerprint density at radius 3 is 2.45 bits per heavy atom. The fourth-order valence-electron chi connectivity index (χ4n) is 0.608. The van der Waals surface area contributed by atoms with Crippen LogP contribution in [0.4, 0.5) is 0 Å². The van der Waals surface area contributed by atoms with Crippen molar-refractivity contribution in [3.63, 3.8) is 0 Å². The topological polar surface area (TPSA) is 38.4 Å². The van der Waals surface area contributed by atoms with Gasteiger partial charge in [0.1, 0.15) is 5.82 Å². The Labute approximate surface area is 69.2 Å². The SMILES string of the molecule is C=C(N)/N=C\CC(C)C(C)C. The molecule has 0 saturated heterocycles. The minimum absolute atomic E-state index is 0.390. The molecule has 0 aliphatic rings. The first-order valence-corrected chi connectivity index (χ1v) is 4.01. The molecule has 64 valence electrons. The zero-order valence-electron chi connectivity index (χ0n) is 7.67. The Morgan fingerprint density at radius 1 is 1.55 bits per heavy atom. The molecule has 2 nitrogen and oxygen atoms in total. The standard InChI is InChI=1S/C9H18N2/c1-7(2)8(3)5-6-11-9(4)10/h6-8H,4-5,10H2,1-3H3/b11-6-. The van der Waals surface area contributed by atoms with Gasteiger partial charge in [0.15, 0.2) is 0 Å². The molecule has 0 aromatic heterocycles. The average Bonchev–Trinajstić information content (AvgIpc) is 1.86.